The van der Waals surface area contributed by atoms with Crippen LogP contribution in [0.4, 0.5) is 0 Å². The first kappa shape index (κ1) is 107. The summed E-state index contributed by atoms with van der Waals surface area (Å²) < 4.78 is 119. The fraction of sp³-hybridized carbons (Fsp3) is 0.932. The van der Waals surface area contributed by atoms with Crippen molar-refractivity contribution in [1.82, 2.24) is 21.3 Å². The zero-order chi connectivity index (χ0) is 95.1. The molecule has 10 fully saturated rings. The molecule has 10 heterocycles. The maximum atomic E-state index is 13.2. The lowest BCUT2D eigenvalue weighted by Gasteiger charge is -2.51. The van der Waals surface area contributed by atoms with Crippen molar-refractivity contribution in [1.29, 1.82) is 0 Å². The SMILES string of the molecule is CC(=O)NC1C(O)[C@H](O[C@@H]2OC(CO)[C@H](O)[C@H](O)C2O)[C@H](CO)O[C@H]1OC1[C@@H](OCC2O[C@@H](O[C@@H]3C(CO)O[C@@H](O[C@@H]4C(CO)O[C@@H](C)[C@@H](NC(C)=O)C4O)[C@@H](NC(C)=O)C3O)[C@H](O)C(O[C@H]3OC(CO)[C@@H](O)C(O)C3O[C@@H]3OC(CO)[C@@H](O[C@@H]4OC(CO[C@]5(OC=O)C[C@@H](O)[C@@H](C)C([C@H](O)[C@H](O)CO)O5)[C@H](O)[C@H](O)C4O)[C@H](O)C3NC(C)=O)[C@@H]2O)OC(CO)[C@@H](O)[C@@H]1O. The predicted molar refractivity (Wildman–Crippen MR) is 399 cm³/mol. The maximum absolute atomic E-state index is 13.2. The highest BCUT2D eigenvalue weighted by Crippen LogP contribution is 2.43. The first-order valence-electron chi connectivity index (χ1n) is 41.4. The molecular weight excluding hydrogens is 1760 g/mol. The van der Waals surface area contributed by atoms with Crippen LogP contribution in [0.5, 0.6) is 0 Å². The molecule has 10 saturated heterocycles. The molecule has 129 heavy (non-hydrogen) atoms. The third kappa shape index (κ3) is 23.9. The number of carbonyl (C=O) groups excluding carboxylic acids is 5. The van der Waals surface area contributed by atoms with E-state index < -0.39 is 408 Å². The number of aliphatic hydroxyl groups is 27. The van der Waals surface area contributed by atoms with Gasteiger partial charge in [0.15, 0.2) is 50.3 Å². The van der Waals surface area contributed by atoms with Gasteiger partial charge in [0.2, 0.25) is 23.6 Å². The molecule has 0 aromatic carbocycles. The monoisotopic (exact) mass is 1890 g/mol. The lowest BCUT2D eigenvalue weighted by molar-refractivity contribution is -0.424. The average Bonchev–Trinajstić information content (AvgIpc) is 0.771. The predicted octanol–water partition coefficient (Wildman–Crippen LogP) is -20.6. The molecule has 10 aliphatic heterocycles. The van der Waals surface area contributed by atoms with Crippen LogP contribution < -0.4 is 21.3 Å². The van der Waals surface area contributed by atoms with Gasteiger partial charge in [0.1, 0.15) is 226 Å². The molecule has 20 unspecified atom stereocenters. The first-order chi connectivity index (χ1) is 61.0. The molecule has 10 rings (SSSR count). The number of carbonyl (C=O) groups is 5. The lowest BCUT2D eigenvalue weighted by Crippen LogP contribution is -2.71. The van der Waals surface area contributed by atoms with Crippen LogP contribution in [0, 0.1) is 5.92 Å². The summed E-state index contributed by atoms with van der Waals surface area (Å²) in [5.74, 6) is -7.27. The number of aliphatic hydroxyl groups excluding tert-OH is 27. The van der Waals surface area contributed by atoms with Gasteiger partial charge in [-0.15, -0.1) is 0 Å². The standard InChI is InChI=1S/C73H122N4O52/c1-19-25(91)7-73(112-18-86,129-57(19)40(93)26(92)8-78)111-17-35-44(97)51(104)55(108)69(121-35)124-60-32(14-84)119-67(39(49(60)102)77-24(6)90)128-64-53(106)43(96)29(11-81)116-72(64)126-62-45(98)34(120-70(56(62)109)125-61-33(15-85)117-65(37(47(61)100)75-22(4)88)122-58-30(12-82)113-20(2)36(46(58)99)74-21(3)87)16-110-71-63(52(105)42(95)28(10-80)115-71)127-66-38(76-23(5)89)48(101)59(31(13-83)118-66)123-68-54(107)50(103)41(94)27(9-79)114-68/h18-20,25-72,78-85,91-109H,7-17H2,1-6H3,(H,74,87)(H,75,88)(H,76,89)(H,77,90)/t19-,20+,25-,26-,27?,28?,29?,30?,31+,32?,33?,34?,35?,36-,37+,38?,39?,40-,41+,42-,43-,44+,45-,46?,47?,48?,49-,50+,51+,52+,53?,54?,55?,56-,57?,58-,59-,60-,61-,62?,63?,64?,65+,66+,67+,68+,69+,70+,71+,72-,73+/m1/s1. The fourth-order valence-corrected chi connectivity index (χ4v) is 16.9. The Kier molecular flexibility index (Phi) is 38.5. The molecule has 746 valence electrons. The number of nitrogens with one attached hydrogen (secondary N) is 4. The first-order valence-corrected chi connectivity index (χ1v) is 41.4. The molecule has 51 atom stereocenters. The van der Waals surface area contributed by atoms with E-state index in [1.165, 1.54) is 13.8 Å². The van der Waals surface area contributed by atoms with Crippen LogP contribution in [-0.2, 0) is 119 Å². The van der Waals surface area contributed by atoms with Crippen LogP contribution in [-0.4, -0.2) is 540 Å². The van der Waals surface area contributed by atoms with Gasteiger partial charge in [0.05, 0.1) is 96.8 Å². The van der Waals surface area contributed by atoms with Gasteiger partial charge in [-0.1, -0.05) is 6.92 Å². The third-order valence-electron chi connectivity index (χ3n) is 24.0. The van der Waals surface area contributed by atoms with Crippen molar-refractivity contribution in [2.24, 2.45) is 5.92 Å². The molecule has 0 aromatic heterocycles. The Labute approximate surface area is 732 Å². The van der Waals surface area contributed by atoms with E-state index in [2.05, 4.69) is 21.3 Å². The molecule has 0 aromatic rings. The third-order valence-corrected chi connectivity index (χ3v) is 24.0. The highest BCUT2D eigenvalue weighted by Gasteiger charge is 2.62. The van der Waals surface area contributed by atoms with Crippen molar-refractivity contribution in [3.05, 3.63) is 0 Å². The average molecular weight is 1890 g/mol. The van der Waals surface area contributed by atoms with Gasteiger partial charge in [-0.05, 0) is 6.92 Å². The Morgan fingerprint density at radius 3 is 1.07 bits per heavy atom. The largest absolute Gasteiger partial charge is 0.410 e. The minimum absolute atomic E-state index is 0.197. The second kappa shape index (κ2) is 46.6. The van der Waals surface area contributed by atoms with Gasteiger partial charge >= 0.3 is 5.97 Å². The number of hydrogen-bond acceptors (Lipinski definition) is 52. The van der Waals surface area contributed by atoms with E-state index in [9.17, 15) is 162 Å². The summed E-state index contributed by atoms with van der Waals surface area (Å²) >= 11 is 0. The summed E-state index contributed by atoms with van der Waals surface area (Å²) in [6, 6.07) is -7.14. The Bertz CT molecular complexity index is 3520. The molecule has 31 N–H and O–H groups in total. The van der Waals surface area contributed by atoms with Gasteiger partial charge in [-0.3, -0.25) is 24.0 Å². The van der Waals surface area contributed by atoms with Gasteiger partial charge in [0, 0.05) is 33.6 Å². The Morgan fingerprint density at radius 2 is 0.667 bits per heavy atom. The smallest absolute Gasteiger partial charge is 0.332 e. The van der Waals surface area contributed by atoms with Crippen molar-refractivity contribution >= 4 is 30.1 Å². The van der Waals surface area contributed by atoms with E-state index in [-0.39, 0.29) is 6.47 Å². The number of amides is 4. The highest BCUT2D eigenvalue weighted by molar-refractivity contribution is 5.74. The normalized spacial score (nSPS) is 48.1. The van der Waals surface area contributed by atoms with Crippen LogP contribution in [0.15, 0.2) is 0 Å². The summed E-state index contributed by atoms with van der Waals surface area (Å²) in [5.41, 5.74) is 0. The Morgan fingerprint density at radius 1 is 0.349 bits per heavy atom. The maximum Gasteiger partial charge on any atom is 0.332 e. The quantitative estimate of drug-likeness (QED) is 0.0205. The van der Waals surface area contributed by atoms with E-state index in [4.69, 9.17) is 94.7 Å². The second-order valence-electron chi connectivity index (χ2n) is 33.0. The van der Waals surface area contributed by atoms with Crippen molar-refractivity contribution < 1.29 is 257 Å². The number of hydrogen-bond donors (Lipinski definition) is 31. The van der Waals surface area contributed by atoms with Crippen molar-refractivity contribution in [3.8, 4) is 0 Å². The summed E-state index contributed by atoms with van der Waals surface area (Å²) in [4.78, 5) is 63.5. The van der Waals surface area contributed by atoms with Crippen molar-refractivity contribution in [2.75, 3.05) is 66.1 Å². The van der Waals surface area contributed by atoms with Gasteiger partial charge < -0.3 is 254 Å². The highest BCUT2D eigenvalue weighted by atomic mass is 16.9. The molecule has 0 saturated carbocycles. The minimum atomic E-state index is -2.67. The molecule has 56 nitrogen and oxygen atoms in total. The van der Waals surface area contributed by atoms with Crippen LogP contribution in [0.25, 0.3) is 0 Å². The van der Waals surface area contributed by atoms with E-state index in [1.54, 1.807) is 0 Å². The summed E-state index contributed by atoms with van der Waals surface area (Å²) in [5, 5.41) is 313. The zero-order valence-electron chi connectivity index (χ0n) is 70.0. The van der Waals surface area contributed by atoms with Gasteiger partial charge in [0.25, 0.3) is 6.47 Å². The fourth-order valence-electron chi connectivity index (χ4n) is 16.9. The molecule has 0 bridgehead atoms. The topological polar surface area (TPSA) is 864 Å². The Balaban J connectivity index is 0.960. The molecule has 0 aliphatic carbocycles. The van der Waals surface area contributed by atoms with E-state index in [0.717, 1.165) is 27.7 Å². The molecule has 0 radical (unpaired) electrons. The van der Waals surface area contributed by atoms with Crippen LogP contribution in [0.3, 0.4) is 0 Å². The van der Waals surface area contributed by atoms with Gasteiger partial charge in [-0.25, -0.2) is 0 Å². The summed E-state index contributed by atoms with van der Waals surface area (Å²) in [6.07, 6.45) is -94.0. The summed E-state index contributed by atoms with van der Waals surface area (Å²) in [7, 11) is 0. The zero-order valence-corrected chi connectivity index (χ0v) is 70.0. The minimum Gasteiger partial charge on any atom is -0.410 e. The van der Waals surface area contributed by atoms with Crippen molar-refractivity contribution in [2.45, 2.75) is 354 Å². The number of rotatable bonds is 36. The Hall–Kier alpha value is -4.49. The van der Waals surface area contributed by atoms with E-state index in [1.807, 2.05) is 0 Å². The van der Waals surface area contributed by atoms with Crippen LogP contribution in [0.2, 0.25) is 0 Å². The lowest BCUT2D eigenvalue weighted by atomic mass is 9.87. The van der Waals surface area contributed by atoms with Crippen LogP contribution >= 0.6 is 0 Å². The van der Waals surface area contributed by atoms with Gasteiger partial charge in [-0.2, -0.15) is 0 Å². The summed E-state index contributed by atoms with van der Waals surface area (Å²) in [6.45, 7) is -4.53. The molecule has 10 aliphatic rings. The molecular formula is C73H122N4O52. The molecule has 56 heteroatoms. The second-order valence-corrected chi connectivity index (χ2v) is 33.0. The van der Waals surface area contributed by atoms with Crippen LogP contribution in [0.1, 0.15) is 48.0 Å². The number of ether oxygens (including phenoxy) is 20. The molecule has 0 spiro atoms. The van der Waals surface area contributed by atoms with Crippen molar-refractivity contribution in [3.63, 3.8) is 0 Å². The van der Waals surface area contributed by atoms with E-state index >= 15 is 0 Å². The molecule has 4 amide bonds. The van der Waals surface area contributed by atoms with E-state index in [0.29, 0.717) is 0 Å².